The molecule has 2 aromatic carbocycles. The molecule has 116 valence electrons. The summed E-state index contributed by atoms with van der Waals surface area (Å²) in [5.41, 5.74) is 2.76. The van der Waals surface area contributed by atoms with E-state index in [1.165, 1.54) is 4.68 Å². The van der Waals surface area contributed by atoms with Gasteiger partial charge in [0.25, 0.3) is 5.56 Å². The molecular formula is C18H17N3O2. The highest BCUT2D eigenvalue weighted by Crippen LogP contribution is 2.17. The van der Waals surface area contributed by atoms with Crippen molar-refractivity contribution in [2.75, 3.05) is 7.11 Å². The molecule has 0 radical (unpaired) electrons. The van der Waals surface area contributed by atoms with Crippen LogP contribution in [0.15, 0.2) is 64.4 Å². The highest BCUT2D eigenvalue weighted by molar-refractivity contribution is 5.83. The van der Waals surface area contributed by atoms with E-state index in [4.69, 9.17) is 4.74 Å². The molecule has 0 saturated heterocycles. The minimum atomic E-state index is -0.119. The number of rotatable bonds is 4. The van der Waals surface area contributed by atoms with Crippen molar-refractivity contribution in [1.29, 1.82) is 0 Å². The van der Waals surface area contributed by atoms with E-state index in [2.05, 4.69) is 10.1 Å². The molecular weight excluding hydrogens is 290 g/mol. The van der Waals surface area contributed by atoms with Gasteiger partial charge in [-0.2, -0.15) is 0 Å². The summed E-state index contributed by atoms with van der Waals surface area (Å²) >= 11 is 0. The Hall–Kier alpha value is -3.08. The lowest BCUT2D eigenvalue weighted by Crippen LogP contribution is -2.17. The molecule has 1 N–H and O–H groups in total. The molecule has 5 heteroatoms. The number of benzene rings is 2. The Morgan fingerprint density at radius 2 is 1.78 bits per heavy atom. The first-order valence-corrected chi connectivity index (χ1v) is 7.24. The quantitative estimate of drug-likeness (QED) is 0.752. The molecule has 0 aliphatic carbocycles. The highest BCUT2D eigenvalue weighted by atomic mass is 16.5. The molecule has 0 bridgehead atoms. The zero-order valence-corrected chi connectivity index (χ0v) is 13.0. The van der Waals surface area contributed by atoms with Gasteiger partial charge >= 0.3 is 0 Å². The van der Waals surface area contributed by atoms with Gasteiger partial charge in [-0.3, -0.25) is 14.9 Å². The third kappa shape index (κ3) is 3.08. The summed E-state index contributed by atoms with van der Waals surface area (Å²) in [7, 11) is 1.62. The van der Waals surface area contributed by atoms with Gasteiger partial charge in [-0.15, -0.1) is 0 Å². The smallest absolute Gasteiger partial charge is 0.280 e. The fourth-order valence-corrected chi connectivity index (χ4v) is 2.28. The second kappa shape index (κ2) is 6.36. The van der Waals surface area contributed by atoms with Crippen molar-refractivity contribution in [2.24, 2.45) is 4.99 Å². The number of aromatic nitrogens is 2. The van der Waals surface area contributed by atoms with Crippen LogP contribution in [0.25, 0.3) is 5.69 Å². The van der Waals surface area contributed by atoms with Crippen molar-refractivity contribution >= 4 is 11.9 Å². The Bertz CT molecular complexity index is 875. The van der Waals surface area contributed by atoms with Crippen LogP contribution in [0, 0.1) is 6.92 Å². The van der Waals surface area contributed by atoms with E-state index in [1.807, 2.05) is 61.5 Å². The maximum absolute atomic E-state index is 12.5. The molecule has 0 fully saturated rings. The van der Waals surface area contributed by atoms with Crippen LogP contribution >= 0.6 is 0 Å². The summed E-state index contributed by atoms with van der Waals surface area (Å²) < 4.78 is 6.63. The van der Waals surface area contributed by atoms with E-state index in [1.54, 1.807) is 13.3 Å². The third-order valence-electron chi connectivity index (χ3n) is 3.55. The molecule has 1 aromatic heterocycles. The summed E-state index contributed by atoms with van der Waals surface area (Å²) in [4.78, 5) is 16.9. The number of para-hydroxylation sites is 1. The van der Waals surface area contributed by atoms with Crippen LogP contribution in [0.1, 0.15) is 11.3 Å². The van der Waals surface area contributed by atoms with Crippen molar-refractivity contribution in [3.05, 3.63) is 76.2 Å². The minimum Gasteiger partial charge on any atom is -0.497 e. The van der Waals surface area contributed by atoms with Gasteiger partial charge in [0.1, 0.15) is 5.75 Å². The number of aromatic amines is 1. The Kier molecular flexibility index (Phi) is 4.10. The van der Waals surface area contributed by atoms with Gasteiger partial charge in [0, 0.05) is 11.9 Å². The van der Waals surface area contributed by atoms with Crippen molar-refractivity contribution in [3.63, 3.8) is 0 Å². The lowest BCUT2D eigenvalue weighted by molar-refractivity contribution is 0.415. The highest BCUT2D eigenvalue weighted by Gasteiger charge is 2.10. The number of hydrogen-bond acceptors (Lipinski definition) is 3. The van der Waals surface area contributed by atoms with E-state index in [-0.39, 0.29) is 5.56 Å². The number of aliphatic imine (C=N–C) groups is 1. The maximum Gasteiger partial charge on any atom is 0.280 e. The van der Waals surface area contributed by atoms with Crippen LogP contribution in [0.3, 0.4) is 0 Å². The zero-order valence-electron chi connectivity index (χ0n) is 13.0. The topological polar surface area (TPSA) is 59.4 Å². The van der Waals surface area contributed by atoms with Crippen LogP contribution < -0.4 is 10.3 Å². The van der Waals surface area contributed by atoms with E-state index >= 15 is 0 Å². The Balaban J connectivity index is 1.93. The predicted molar refractivity (Wildman–Crippen MR) is 91.4 cm³/mol. The maximum atomic E-state index is 12.5. The summed E-state index contributed by atoms with van der Waals surface area (Å²) in [6.07, 6.45) is 1.59. The van der Waals surface area contributed by atoms with Gasteiger partial charge in [0.05, 0.1) is 24.0 Å². The van der Waals surface area contributed by atoms with Crippen LogP contribution in [0.5, 0.6) is 5.75 Å². The van der Waals surface area contributed by atoms with Crippen LogP contribution in [-0.2, 0) is 0 Å². The first kappa shape index (κ1) is 14.8. The van der Waals surface area contributed by atoms with Gasteiger partial charge in [-0.05, 0) is 43.3 Å². The first-order chi connectivity index (χ1) is 11.2. The number of hydrogen-bond donors (Lipinski definition) is 1. The van der Waals surface area contributed by atoms with Gasteiger partial charge in [0.15, 0.2) is 0 Å². The Morgan fingerprint density at radius 3 is 2.43 bits per heavy atom. The summed E-state index contributed by atoms with van der Waals surface area (Å²) in [6.45, 7) is 1.86. The van der Waals surface area contributed by atoms with Crippen LogP contribution in [0.4, 0.5) is 5.69 Å². The molecule has 0 aliphatic rings. The third-order valence-corrected chi connectivity index (χ3v) is 3.55. The average Bonchev–Trinajstić information content (AvgIpc) is 2.88. The molecule has 3 aromatic rings. The molecule has 1 heterocycles. The van der Waals surface area contributed by atoms with Crippen LogP contribution in [-0.4, -0.2) is 23.1 Å². The zero-order chi connectivity index (χ0) is 16.2. The molecule has 0 amide bonds. The summed E-state index contributed by atoms with van der Waals surface area (Å²) in [5, 5.41) is 3.08. The fraction of sp³-hybridized carbons (Fsp3) is 0.111. The molecule has 0 aliphatic heterocycles. The molecule has 0 saturated carbocycles. The number of nitrogens with one attached hydrogen (secondary N) is 1. The molecule has 3 rings (SSSR count). The number of H-pyrrole nitrogens is 1. The average molecular weight is 307 g/mol. The summed E-state index contributed by atoms with van der Waals surface area (Å²) in [6, 6.07) is 16.8. The van der Waals surface area contributed by atoms with Crippen LogP contribution in [0.2, 0.25) is 0 Å². The lowest BCUT2D eigenvalue weighted by atomic mass is 10.2. The summed E-state index contributed by atoms with van der Waals surface area (Å²) in [5.74, 6) is 0.771. The number of aryl methyl sites for hydroxylation is 1. The van der Waals surface area contributed by atoms with Crippen molar-refractivity contribution in [1.82, 2.24) is 9.78 Å². The molecule has 23 heavy (non-hydrogen) atoms. The SMILES string of the molecule is COc1ccc(N=Cc2c(C)[nH]n(-c3ccccc3)c2=O)cc1. The Labute approximate surface area is 133 Å². The number of nitrogens with zero attached hydrogens (tertiary/aromatic N) is 2. The Morgan fingerprint density at radius 1 is 1.09 bits per heavy atom. The second-order valence-corrected chi connectivity index (χ2v) is 5.08. The number of ether oxygens (including phenoxy) is 1. The lowest BCUT2D eigenvalue weighted by Gasteiger charge is -1.99. The molecule has 0 spiro atoms. The van der Waals surface area contributed by atoms with Gasteiger partial charge in [-0.25, -0.2) is 4.68 Å². The standard InChI is InChI=1S/C18H17N3O2/c1-13-17(12-19-14-8-10-16(23-2)11-9-14)18(22)21(20-13)15-6-4-3-5-7-15/h3-12,20H,1-2H3. The van der Waals surface area contributed by atoms with E-state index in [0.717, 1.165) is 22.8 Å². The van der Waals surface area contributed by atoms with E-state index < -0.39 is 0 Å². The van der Waals surface area contributed by atoms with Crippen molar-refractivity contribution in [2.45, 2.75) is 6.92 Å². The largest absolute Gasteiger partial charge is 0.497 e. The fourth-order valence-electron chi connectivity index (χ4n) is 2.28. The predicted octanol–water partition coefficient (Wildman–Crippen LogP) is 3.23. The first-order valence-electron chi connectivity index (χ1n) is 7.24. The van der Waals surface area contributed by atoms with Gasteiger partial charge < -0.3 is 4.74 Å². The van der Waals surface area contributed by atoms with Gasteiger partial charge in [-0.1, -0.05) is 18.2 Å². The van der Waals surface area contributed by atoms with Gasteiger partial charge in [0.2, 0.25) is 0 Å². The molecule has 5 nitrogen and oxygen atoms in total. The van der Waals surface area contributed by atoms with E-state index in [0.29, 0.717) is 5.56 Å². The van der Waals surface area contributed by atoms with Crippen molar-refractivity contribution < 1.29 is 4.74 Å². The monoisotopic (exact) mass is 307 g/mol. The molecule has 0 unspecified atom stereocenters. The van der Waals surface area contributed by atoms with E-state index in [9.17, 15) is 4.79 Å². The molecule has 0 atom stereocenters. The minimum absolute atomic E-state index is 0.119. The number of methoxy groups -OCH3 is 1. The van der Waals surface area contributed by atoms with Crippen molar-refractivity contribution in [3.8, 4) is 11.4 Å². The normalized spacial score (nSPS) is 11.0. The second-order valence-electron chi connectivity index (χ2n) is 5.08.